The third-order valence-electron chi connectivity index (χ3n) is 2.81. The third kappa shape index (κ3) is 1.14. The zero-order valence-corrected chi connectivity index (χ0v) is 8.66. The molecule has 14 heavy (non-hydrogen) atoms. The summed E-state index contributed by atoms with van der Waals surface area (Å²) < 4.78 is 1.75. The van der Waals surface area contributed by atoms with Crippen molar-refractivity contribution < 1.29 is 0 Å². The Morgan fingerprint density at radius 3 is 3.14 bits per heavy atom. The van der Waals surface area contributed by atoms with Crippen LogP contribution in [0.2, 0.25) is 0 Å². The molecule has 1 aliphatic rings. The van der Waals surface area contributed by atoms with E-state index < -0.39 is 0 Å². The first-order valence-electron chi connectivity index (χ1n) is 4.72. The van der Waals surface area contributed by atoms with Crippen LogP contribution in [0.5, 0.6) is 0 Å². The molecular formula is C8H11N5S. The normalized spacial score (nSPS) is 19.8. The standard InChI is InChI=1S/C8H11N5S/c1-5(6-2-9-3-6)7-12-13-4-10-11-8(13)14-7/h4-6,9H,2-3H2,1H3. The summed E-state index contributed by atoms with van der Waals surface area (Å²) in [4.78, 5) is 0.888. The molecule has 74 valence electrons. The number of nitrogens with zero attached hydrogens (tertiary/aromatic N) is 4. The zero-order chi connectivity index (χ0) is 9.54. The van der Waals surface area contributed by atoms with E-state index in [9.17, 15) is 0 Å². The van der Waals surface area contributed by atoms with Gasteiger partial charge >= 0.3 is 0 Å². The Kier molecular flexibility index (Phi) is 1.78. The fourth-order valence-corrected chi connectivity index (χ4v) is 2.59. The molecule has 0 aliphatic carbocycles. The average Bonchev–Trinajstić information content (AvgIpc) is 2.56. The molecule has 1 fully saturated rings. The van der Waals surface area contributed by atoms with E-state index in [1.54, 1.807) is 22.2 Å². The van der Waals surface area contributed by atoms with Gasteiger partial charge in [0.15, 0.2) is 0 Å². The van der Waals surface area contributed by atoms with Gasteiger partial charge in [-0.15, -0.1) is 10.2 Å². The first-order chi connectivity index (χ1) is 6.84. The summed E-state index contributed by atoms with van der Waals surface area (Å²) in [6.45, 7) is 4.46. The van der Waals surface area contributed by atoms with E-state index in [-0.39, 0.29) is 0 Å². The van der Waals surface area contributed by atoms with Gasteiger partial charge in [-0.2, -0.15) is 9.61 Å². The van der Waals surface area contributed by atoms with Crippen LogP contribution in [0.1, 0.15) is 17.8 Å². The molecule has 3 rings (SSSR count). The number of fused-ring (bicyclic) bond motifs is 1. The number of nitrogens with one attached hydrogen (secondary N) is 1. The molecular weight excluding hydrogens is 198 g/mol. The van der Waals surface area contributed by atoms with Crippen LogP contribution < -0.4 is 5.32 Å². The van der Waals surface area contributed by atoms with Crippen molar-refractivity contribution in [1.82, 2.24) is 25.1 Å². The predicted octanol–water partition coefficient (Wildman–Crippen LogP) is 0.509. The highest BCUT2D eigenvalue weighted by Crippen LogP contribution is 2.29. The molecule has 1 atom stereocenters. The maximum absolute atomic E-state index is 4.46. The monoisotopic (exact) mass is 209 g/mol. The smallest absolute Gasteiger partial charge is 0.234 e. The van der Waals surface area contributed by atoms with Crippen molar-refractivity contribution in [3.63, 3.8) is 0 Å². The quantitative estimate of drug-likeness (QED) is 0.783. The van der Waals surface area contributed by atoms with Gasteiger partial charge in [0.05, 0.1) is 0 Å². The molecule has 6 heteroatoms. The van der Waals surface area contributed by atoms with Crippen LogP contribution in [0, 0.1) is 5.92 Å². The van der Waals surface area contributed by atoms with E-state index in [4.69, 9.17) is 0 Å². The minimum Gasteiger partial charge on any atom is -0.316 e. The van der Waals surface area contributed by atoms with Crippen LogP contribution in [-0.4, -0.2) is 32.9 Å². The Morgan fingerprint density at radius 2 is 2.50 bits per heavy atom. The molecule has 0 spiro atoms. The minimum atomic E-state index is 0.531. The van der Waals surface area contributed by atoms with Gasteiger partial charge in [-0.05, 0) is 19.0 Å². The second-order valence-corrected chi connectivity index (χ2v) is 4.69. The topological polar surface area (TPSA) is 55.1 Å². The first-order valence-corrected chi connectivity index (χ1v) is 5.53. The van der Waals surface area contributed by atoms with Crippen molar-refractivity contribution in [2.24, 2.45) is 5.92 Å². The predicted molar refractivity (Wildman–Crippen MR) is 53.4 cm³/mol. The SMILES string of the molecule is CC(c1nn2cnnc2s1)C1CNC1. The Labute approximate surface area is 85.2 Å². The summed E-state index contributed by atoms with van der Waals surface area (Å²) in [7, 11) is 0. The van der Waals surface area contributed by atoms with E-state index in [0.717, 1.165) is 24.0 Å². The van der Waals surface area contributed by atoms with Gasteiger partial charge in [0.2, 0.25) is 4.96 Å². The average molecular weight is 209 g/mol. The molecule has 1 saturated heterocycles. The second kappa shape index (κ2) is 2.99. The molecule has 5 nitrogen and oxygen atoms in total. The molecule has 1 N–H and O–H groups in total. The summed E-state index contributed by atoms with van der Waals surface area (Å²) in [5.74, 6) is 1.27. The largest absolute Gasteiger partial charge is 0.316 e. The summed E-state index contributed by atoms with van der Waals surface area (Å²) in [5, 5.41) is 16.7. The summed E-state index contributed by atoms with van der Waals surface area (Å²) in [6.07, 6.45) is 1.65. The van der Waals surface area contributed by atoms with Gasteiger partial charge in [-0.3, -0.25) is 0 Å². The van der Waals surface area contributed by atoms with E-state index in [2.05, 4.69) is 27.5 Å². The van der Waals surface area contributed by atoms with Crippen LogP contribution in [0.3, 0.4) is 0 Å². The Morgan fingerprint density at radius 1 is 1.64 bits per heavy atom. The number of hydrogen-bond donors (Lipinski definition) is 1. The lowest BCUT2D eigenvalue weighted by Crippen LogP contribution is -2.44. The van der Waals surface area contributed by atoms with E-state index in [1.165, 1.54) is 5.01 Å². The van der Waals surface area contributed by atoms with Crippen molar-refractivity contribution in [3.05, 3.63) is 11.3 Å². The summed E-state index contributed by atoms with van der Waals surface area (Å²) in [5.41, 5.74) is 0. The van der Waals surface area contributed by atoms with Gasteiger partial charge in [0.25, 0.3) is 0 Å². The molecule has 3 heterocycles. The van der Waals surface area contributed by atoms with Crippen LogP contribution >= 0.6 is 11.3 Å². The van der Waals surface area contributed by atoms with E-state index in [1.807, 2.05) is 0 Å². The minimum absolute atomic E-state index is 0.531. The lowest BCUT2D eigenvalue weighted by atomic mass is 9.90. The van der Waals surface area contributed by atoms with Crippen molar-refractivity contribution in [1.29, 1.82) is 0 Å². The molecule has 0 radical (unpaired) electrons. The summed E-state index contributed by atoms with van der Waals surface area (Å²) >= 11 is 1.64. The fraction of sp³-hybridized carbons (Fsp3) is 0.625. The Hall–Kier alpha value is -1.01. The van der Waals surface area contributed by atoms with Crippen molar-refractivity contribution in [3.8, 4) is 0 Å². The molecule has 1 aliphatic heterocycles. The van der Waals surface area contributed by atoms with Crippen molar-refractivity contribution in [2.75, 3.05) is 13.1 Å². The van der Waals surface area contributed by atoms with E-state index in [0.29, 0.717) is 5.92 Å². The molecule has 0 bridgehead atoms. The third-order valence-corrected chi connectivity index (χ3v) is 3.93. The van der Waals surface area contributed by atoms with Crippen LogP contribution in [0.25, 0.3) is 4.96 Å². The van der Waals surface area contributed by atoms with Crippen LogP contribution in [0.15, 0.2) is 6.33 Å². The summed E-state index contributed by atoms with van der Waals surface area (Å²) in [6, 6.07) is 0. The van der Waals surface area contributed by atoms with Crippen LogP contribution in [-0.2, 0) is 0 Å². The van der Waals surface area contributed by atoms with Gasteiger partial charge < -0.3 is 5.32 Å². The number of hydrogen-bond acceptors (Lipinski definition) is 5. The van der Waals surface area contributed by atoms with Gasteiger partial charge in [-0.25, -0.2) is 0 Å². The lowest BCUT2D eigenvalue weighted by Gasteiger charge is -2.31. The van der Waals surface area contributed by atoms with Gasteiger partial charge in [0.1, 0.15) is 11.3 Å². The van der Waals surface area contributed by atoms with Gasteiger partial charge in [-0.1, -0.05) is 18.3 Å². The fourth-order valence-electron chi connectivity index (χ4n) is 1.63. The highest BCUT2D eigenvalue weighted by atomic mass is 32.1. The Balaban J connectivity index is 1.92. The highest BCUT2D eigenvalue weighted by molar-refractivity contribution is 7.16. The maximum atomic E-state index is 4.46. The van der Waals surface area contributed by atoms with Crippen molar-refractivity contribution in [2.45, 2.75) is 12.8 Å². The Bertz CT molecular complexity index is 415. The van der Waals surface area contributed by atoms with Gasteiger partial charge in [0, 0.05) is 5.92 Å². The first kappa shape index (κ1) is 8.31. The molecule has 0 aromatic carbocycles. The number of rotatable bonds is 2. The molecule has 0 amide bonds. The highest BCUT2D eigenvalue weighted by Gasteiger charge is 2.27. The molecule has 2 aromatic heterocycles. The number of aromatic nitrogens is 4. The van der Waals surface area contributed by atoms with Crippen LogP contribution in [0.4, 0.5) is 0 Å². The molecule has 1 unspecified atom stereocenters. The lowest BCUT2D eigenvalue weighted by molar-refractivity contribution is 0.301. The molecule has 2 aromatic rings. The maximum Gasteiger partial charge on any atom is 0.234 e. The molecule has 0 saturated carbocycles. The zero-order valence-electron chi connectivity index (χ0n) is 7.84. The van der Waals surface area contributed by atoms with Crippen molar-refractivity contribution >= 4 is 16.3 Å². The van der Waals surface area contributed by atoms with E-state index >= 15 is 0 Å². The second-order valence-electron chi connectivity index (χ2n) is 3.71.